The molecule has 0 atom stereocenters. The van der Waals surface area contributed by atoms with E-state index in [-0.39, 0.29) is 17.0 Å². The van der Waals surface area contributed by atoms with Crippen LogP contribution in [0.15, 0.2) is 0 Å². The van der Waals surface area contributed by atoms with E-state index in [1.807, 2.05) is 0 Å². The minimum Gasteiger partial charge on any atom is -0.344 e. The fourth-order valence-electron chi connectivity index (χ4n) is 3.63. The highest BCUT2D eigenvalue weighted by molar-refractivity contribution is 4.84. The Bertz CT molecular complexity index is 253. The molecular weight excluding hydrogens is 248 g/mol. The Morgan fingerprint density at radius 1 is 0.750 bits per heavy atom. The summed E-state index contributed by atoms with van der Waals surface area (Å²) < 4.78 is 13.1. The third kappa shape index (κ3) is 5.73. The molecule has 0 saturated heterocycles. The van der Waals surface area contributed by atoms with E-state index >= 15 is 0 Å². The van der Waals surface area contributed by atoms with Gasteiger partial charge in [0.2, 0.25) is 0 Å². The van der Waals surface area contributed by atoms with Gasteiger partial charge in [0.1, 0.15) is 0 Å². The molecule has 1 rings (SSSR count). The summed E-state index contributed by atoms with van der Waals surface area (Å²) in [5.74, 6) is -0.352. The van der Waals surface area contributed by atoms with Crippen molar-refractivity contribution >= 4 is 0 Å². The van der Waals surface area contributed by atoms with Crippen LogP contribution in [-0.4, -0.2) is 17.0 Å². The van der Waals surface area contributed by atoms with E-state index < -0.39 is 0 Å². The first-order valence-corrected chi connectivity index (χ1v) is 8.64. The van der Waals surface area contributed by atoms with Crippen molar-refractivity contribution in [3.63, 3.8) is 0 Å². The molecule has 1 saturated carbocycles. The first-order valence-electron chi connectivity index (χ1n) is 8.64. The van der Waals surface area contributed by atoms with Gasteiger partial charge in [0.25, 0.3) is 0 Å². The fourth-order valence-corrected chi connectivity index (χ4v) is 3.63. The van der Waals surface area contributed by atoms with Gasteiger partial charge in [0.15, 0.2) is 5.79 Å². The van der Waals surface area contributed by atoms with Gasteiger partial charge in [-0.25, -0.2) is 0 Å². The van der Waals surface area contributed by atoms with E-state index in [1.54, 1.807) is 0 Å². The summed E-state index contributed by atoms with van der Waals surface area (Å²) in [5.41, 5.74) is -0.178. The van der Waals surface area contributed by atoms with Crippen LogP contribution in [0, 0.1) is 0 Å². The number of hydrogen-bond donors (Lipinski definition) is 0. The SMILES string of the molecule is CCCC(C)(C)OC1(OC(C)(C)CCC)CCCCC1. The highest BCUT2D eigenvalue weighted by atomic mass is 16.7. The van der Waals surface area contributed by atoms with Gasteiger partial charge >= 0.3 is 0 Å². The summed E-state index contributed by atoms with van der Waals surface area (Å²) in [6.07, 6.45) is 10.4. The Morgan fingerprint density at radius 3 is 1.50 bits per heavy atom. The maximum Gasteiger partial charge on any atom is 0.169 e. The van der Waals surface area contributed by atoms with Crippen LogP contribution < -0.4 is 0 Å². The molecule has 0 amide bonds. The molecule has 0 radical (unpaired) electrons. The van der Waals surface area contributed by atoms with Crippen LogP contribution >= 0.6 is 0 Å². The zero-order valence-corrected chi connectivity index (χ0v) is 14.7. The highest BCUT2D eigenvalue weighted by Gasteiger charge is 2.42. The lowest BCUT2D eigenvalue weighted by molar-refractivity contribution is -0.329. The topological polar surface area (TPSA) is 18.5 Å². The van der Waals surface area contributed by atoms with Crippen molar-refractivity contribution < 1.29 is 9.47 Å². The van der Waals surface area contributed by atoms with Gasteiger partial charge in [0, 0.05) is 12.8 Å². The molecule has 0 bridgehead atoms. The summed E-state index contributed by atoms with van der Waals surface area (Å²) in [4.78, 5) is 0. The van der Waals surface area contributed by atoms with Gasteiger partial charge in [-0.2, -0.15) is 0 Å². The lowest BCUT2D eigenvalue weighted by atomic mass is 9.91. The molecule has 2 heteroatoms. The Morgan fingerprint density at radius 2 is 1.15 bits per heavy atom. The molecule has 2 nitrogen and oxygen atoms in total. The Labute approximate surface area is 126 Å². The van der Waals surface area contributed by atoms with Gasteiger partial charge in [-0.1, -0.05) is 33.1 Å². The lowest BCUT2D eigenvalue weighted by Crippen LogP contribution is -2.49. The second-order valence-electron chi connectivity index (χ2n) is 7.69. The van der Waals surface area contributed by atoms with Gasteiger partial charge in [-0.05, 0) is 53.4 Å². The van der Waals surface area contributed by atoms with Crippen molar-refractivity contribution in [2.24, 2.45) is 0 Å². The third-order valence-electron chi connectivity index (χ3n) is 4.24. The molecule has 1 fully saturated rings. The summed E-state index contributed by atoms with van der Waals surface area (Å²) in [6.45, 7) is 13.3. The molecule has 0 N–H and O–H groups in total. The van der Waals surface area contributed by atoms with Crippen molar-refractivity contribution in [3.05, 3.63) is 0 Å². The molecular formula is C18H36O2. The smallest absolute Gasteiger partial charge is 0.169 e. The molecule has 20 heavy (non-hydrogen) atoms. The monoisotopic (exact) mass is 284 g/mol. The van der Waals surface area contributed by atoms with E-state index in [1.165, 1.54) is 19.3 Å². The summed E-state index contributed by atoms with van der Waals surface area (Å²) in [5, 5.41) is 0. The van der Waals surface area contributed by atoms with Crippen molar-refractivity contribution in [3.8, 4) is 0 Å². The Balaban J connectivity index is 2.81. The zero-order valence-electron chi connectivity index (χ0n) is 14.7. The van der Waals surface area contributed by atoms with E-state index in [0.29, 0.717) is 0 Å². The number of rotatable bonds is 8. The molecule has 1 aliphatic carbocycles. The van der Waals surface area contributed by atoms with Crippen LogP contribution in [0.5, 0.6) is 0 Å². The van der Waals surface area contributed by atoms with Crippen molar-refractivity contribution in [1.29, 1.82) is 0 Å². The van der Waals surface area contributed by atoms with Crippen LogP contribution in [0.25, 0.3) is 0 Å². The highest BCUT2D eigenvalue weighted by Crippen LogP contribution is 2.40. The predicted octanol–water partition coefficient (Wildman–Crippen LogP) is 5.84. The Kier molecular flexibility index (Phi) is 6.53. The average molecular weight is 284 g/mol. The number of hydrogen-bond acceptors (Lipinski definition) is 2. The Hall–Kier alpha value is -0.0800. The summed E-state index contributed by atoms with van der Waals surface area (Å²) >= 11 is 0. The van der Waals surface area contributed by atoms with E-state index in [2.05, 4.69) is 41.5 Å². The summed E-state index contributed by atoms with van der Waals surface area (Å²) in [6, 6.07) is 0. The van der Waals surface area contributed by atoms with Crippen molar-refractivity contribution in [2.45, 2.75) is 116 Å². The first-order chi connectivity index (χ1) is 9.24. The van der Waals surface area contributed by atoms with E-state index in [4.69, 9.17) is 9.47 Å². The number of ether oxygens (including phenoxy) is 2. The van der Waals surface area contributed by atoms with Crippen molar-refractivity contribution in [2.75, 3.05) is 0 Å². The molecule has 0 spiro atoms. The average Bonchev–Trinajstić information content (AvgIpc) is 2.27. The molecule has 0 heterocycles. The molecule has 0 aliphatic heterocycles. The second kappa shape index (κ2) is 7.26. The molecule has 0 aromatic rings. The maximum atomic E-state index is 6.57. The minimum absolute atomic E-state index is 0.0889. The summed E-state index contributed by atoms with van der Waals surface area (Å²) in [7, 11) is 0. The third-order valence-corrected chi connectivity index (χ3v) is 4.24. The predicted molar refractivity (Wildman–Crippen MR) is 86.0 cm³/mol. The largest absolute Gasteiger partial charge is 0.344 e. The van der Waals surface area contributed by atoms with E-state index in [9.17, 15) is 0 Å². The fraction of sp³-hybridized carbons (Fsp3) is 1.00. The zero-order chi connectivity index (χ0) is 15.3. The lowest BCUT2D eigenvalue weighted by Gasteiger charge is -2.47. The molecule has 120 valence electrons. The van der Waals surface area contributed by atoms with Gasteiger partial charge in [-0.3, -0.25) is 0 Å². The standard InChI is InChI=1S/C18H36O2/c1-7-12-16(3,4)19-18(14-10-9-11-15-18)20-17(5,6)13-8-2/h7-15H2,1-6H3. The molecule has 1 aliphatic rings. The van der Waals surface area contributed by atoms with Crippen LogP contribution in [0.4, 0.5) is 0 Å². The van der Waals surface area contributed by atoms with Gasteiger partial charge in [0.05, 0.1) is 11.2 Å². The maximum absolute atomic E-state index is 6.57. The quantitative estimate of drug-likeness (QED) is 0.521. The minimum atomic E-state index is -0.352. The second-order valence-corrected chi connectivity index (χ2v) is 7.69. The van der Waals surface area contributed by atoms with Crippen LogP contribution in [0.1, 0.15) is 99.3 Å². The molecule has 0 aromatic heterocycles. The first kappa shape index (κ1) is 18.0. The van der Waals surface area contributed by atoms with Gasteiger partial charge < -0.3 is 9.47 Å². The van der Waals surface area contributed by atoms with Crippen LogP contribution in [0.2, 0.25) is 0 Å². The van der Waals surface area contributed by atoms with Crippen LogP contribution in [-0.2, 0) is 9.47 Å². The van der Waals surface area contributed by atoms with Gasteiger partial charge in [-0.15, -0.1) is 0 Å². The molecule has 0 aromatic carbocycles. The van der Waals surface area contributed by atoms with Crippen LogP contribution in [0.3, 0.4) is 0 Å². The van der Waals surface area contributed by atoms with E-state index in [0.717, 1.165) is 38.5 Å². The normalized spacial score (nSPS) is 20.1. The molecule has 0 unspecified atom stereocenters. The van der Waals surface area contributed by atoms with Crippen molar-refractivity contribution in [1.82, 2.24) is 0 Å².